The maximum absolute atomic E-state index is 14.3. The number of methoxy groups -OCH3 is 1. The topological polar surface area (TPSA) is 187 Å². The molecule has 4 aromatic carbocycles. The van der Waals surface area contributed by atoms with Crippen LogP contribution in [0.25, 0.3) is 5.57 Å². The first-order valence-corrected chi connectivity index (χ1v) is 31.8. The van der Waals surface area contributed by atoms with Gasteiger partial charge in [-0.2, -0.15) is 13.2 Å². The number of aromatic nitrogens is 2. The van der Waals surface area contributed by atoms with Gasteiger partial charge in [-0.3, -0.25) is 14.6 Å². The summed E-state index contributed by atoms with van der Waals surface area (Å²) in [6.07, 6.45) is 4.16. The number of sulfone groups is 1. The van der Waals surface area contributed by atoms with Crippen molar-refractivity contribution >= 4 is 77.9 Å². The molecule has 17 nitrogen and oxygen atoms in total. The summed E-state index contributed by atoms with van der Waals surface area (Å²) in [5.41, 5.74) is -1.21. The van der Waals surface area contributed by atoms with Gasteiger partial charge in [0.05, 0.1) is 24.3 Å². The van der Waals surface area contributed by atoms with Crippen molar-refractivity contribution in [3.8, 4) is 0 Å². The number of alkyl halides is 3. The second kappa shape index (κ2) is 26.8. The molecule has 5 aromatic rings. The molecule has 4 heterocycles. The maximum atomic E-state index is 14.3. The van der Waals surface area contributed by atoms with Crippen LogP contribution in [0.4, 0.5) is 30.4 Å². The second-order valence-corrected chi connectivity index (χ2v) is 26.6. The van der Waals surface area contributed by atoms with Gasteiger partial charge in [-0.15, -0.1) is 22.0 Å². The molecule has 1 amide bonds. The molecule has 1 aromatic heterocycles. The number of esters is 1. The number of amides is 1. The number of thioether (sulfide) groups is 1. The predicted molar refractivity (Wildman–Crippen MR) is 313 cm³/mol. The zero-order valence-electron chi connectivity index (χ0n) is 46.0. The van der Waals surface area contributed by atoms with E-state index in [1.165, 1.54) is 47.7 Å². The number of sulfonamides is 1. The molecule has 0 bridgehead atoms. The number of carbonyl (C=O) groups excluding carboxylic acids is 2. The van der Waals surface area contributed by atoms with E-state index in [1.807, 2.05) is 53.3 Å². The van der Waals surface area contributed by atoms with E-state index >= 15 is 0 Å². The molecular formula is C58H69ClF3N9O8S3. The van der Waals surface area contributed by atoms with Crippen LogP contribution < -0.4 is 19.8 Å². The Labute approximate surface area is 487 Å². The third kappa shape index (κ3) is 15.5. The zero-order valence-corrected chi connectivity index (χ0v) is 49.2. The van der Waals surface area contributed by atoms with Crippen LogP contribution in [0.1, 0.15) is 65.4 Å². The molecule has 0 saturated carbocycles. The predicted octanol–water partition coefficient (Wildman–Crippen LogP) is 8.60. The lowest BCUT2D eigenvalue weighted by Crippen LogP contribution is -2.50. The van der Waals surface area contributed by atoms with E-state index in [1.54, 1.807) is 18.2 Å². The van der Waals surface area contributed by atoms with Gasteiger partial charge in [-0.1, -0.05) is 54.4 Å². The minimum absolute atomic E-state index is 0.0212. The summed E-state index contributed by atoms with van der Waals surface area (Å²) in [5.74, 6) is -0.473. The Morgan fingerprint density at radius 3 is 2.20 bits per heavy atom. The van der Waals surface area contributed by atoms with E-state index in [2.05, 4.69) is 59.1 Å². The van der Waals surface area contributed by atoms with Crippen LogP contribution >= 0.6 is 23.4 Å². The Hall–Kier alpha value is -5.79. The van der Waals surface area contributed by atoms with Gasteiger partial charge in [0.2, 0.25) is 0 Å². The smallest absolute Gasteiger partial charge is 0.464 e. The maximum Gasteiger partial charge on any atom is 0.501 e. The molecule has 3 saturated heterocycles. The summed E-state index contributed by atoms with van der Waals surface area (Å²) in [5, 5.41) is 12.0. The van der Waals surface area contributed by atoms with Gasteiger partial charge in [0.1, 0.15) is 4.90 Å². The zero-order chi connectivity index (χ0) is 58.1. The quantitative estimate of drug-likeness (QED) is 0.0557. The first kappa shape index (κ1) is 60.8. The SMILES string of the molecule is COC(=O)c1ccc(N2CCN(C[C@]3(C)CCC(c4ccc(Cl)cc4)=C(CN4CCN(c5ccc(C(=O)NS(=O)(=O)c6ccc(N[C@H](CCN7CCCOCC7)CSc7ccccc7)c(S(=O)(=O)C(F)(F)F)c6)cc5)CC4)C3)CC2)nn1. The molecule has 2 N–H and O–H groups in total. The van der Waals surface area contributed by atoms with Crippen molar-refractivity contribution in [3.05, 3.63) is 137 Å². The number of allylic oxidation sites excluding steroid dienone is 1. The number of benzene rings is 4. The molecule has 9 rings (SSSR count). The van der Waals surface area contributed by atoms with Crippen LogP contribution in [0, 0.1) is 5.41 Å². The number of halogens is 4. The van der Waals surface area contributed by atoms with Crippen molar-refractivity contribution < 1.29 is 49.1 Å². The van der Waals surface area contributed by atoms with E-state index in [9.17, 15) is 39.6 Å². The Bertz CT molecular complexity index is 3250. The van der Waals surface area contributed by atoms with Crippen LogP contribution in [0.5, 0.6) is 0 Å². The van der Waals surface area contributed by atoms with Crippen LogP contribution in [0.2, 0.25) is 5.02 Å². The molecule has 24 heteroatoms. The number of anilines is 3. The highest BCUT2D eigenvalue weighted by atomic mass is 35.5. The molecule has 0 spiro atoms. The Kier molecular flexibility index (Phi) is 19.9. The molecule has 0 unspecified atom stereocenters. The van der Waals surface area contributed by atoms with Gasteiger partial charge in [-0.05, 0) is 128 Å². The molecule has 2 atom stereocenters. The largest absolute Gasteiger partial charge is 0.501 e. The lowest BCUT2D eigenvalue weighted by molar-refractivity contribution is -0.0436. The van der Waals surface area contributed by atoms with Crippen molar-refractivity contribution in [1.29, 1.82) is 0 Å². The van der Waals surface area contributed by atoms with Crippen molar-refractivity contribution in [2.75, 3.05) is 126 Å². The minimum Gasteiger partial charge on any atom is -0.464 e. The minimum atomic E-state index is -6.09. The molecule has 82 heavy (non-hydrogen) atoms. The van der Waals surface area contributed by atoms with Crippen molar-refractivity contribution in [2.24, 2.45) is 5.41 Å². The first-order chi connectivity index (χ1) is 39.3. The Balaban J connectivity index is 0.824. The highest BCUT2D eigenvalue weighted by Gasteiger charge is 2.49. The molecule has 440 valence electrons. The van der Waals surface area contributed by atoms with Crippen LogP contribution in [0.3, 0.4) is 0 Å². The van der Waals surface area contributed by atoms with Gasteiger partial charge >= 0.3 is 11.5 Å². The van der Waals surface area contributed by atoms with Crippen molar-refractivity contribution in [2.45, 2.75) is 65.3 Å². The Morgan fingerprint density at radius 1 is 0.805 bits per heavy atom. The fourth-order valence-electron chi connectivity index (χ4n) is 11.1. The number of nitrogens with zero attached hydrogens (tertiary/aromatic N) is 7. The van der Waals surface area contributed by atoms with Crippen molar-refractivity contribution in [1.82, 2.24) is 29.6 Å². The fraction of sp³-hybridized carbons (Fsp3) is 0.448. The Morgan fingerprint density at radius 2 is 1.51 bits per heavy atom. The van der Waals surface area contributed by atoms with Gasteiger partial charge < -0.3 is 29.5 Å². The number of carbonyl (C=O) groups is 2. The molecule has 3 fully saturated rings. The molecule has 3 aliphatic heterocycles. The third-order valence-corrected chi connectivity index (χ3v) is 19.9. The monoisotopic (exact) mass is 1210 g/mol. The number of rotatable bonds is 20. The molecule has 1 aliphatic carbocycles. The number of piperazine rings is 2. The highest BCUT2D eigenvalue weighted by molar-refractivity contribution is 7.99. The van der Waals surface area contributed by atoms with Gasteiger partial charge in [0.15, 0.2) is 11.5 Å². The van der Waals surface area contributed by atoms with E-state index in [-0.39, 0.29) is 16.7 Å². The molecular weight excluding hydrogens is 1140 g/mol. The van der Waals surface area contributed by atoms with E-state index in [0.717, 1.165) is 113 Å². The lowest BCUT2D eigenvalue weighted by atomic mass is 9.71. The first-order valence-electron chi connectivity index (χ1n) is 27.5. The number of hydrogen-bond acceptors (Lipinski definition) is 17. The summed E-state index contributed by atoms with van der Waals surface area (Å²) in [4.78, 5) is 35.8. The van der Waals surface area contributed by atoms with Crippen molar-refractivity contribution in [3.63, 3.8) is 0 Å². The van der Waals surface area contributed by atoms with Crippen LogP contribution in [0.15, 0.2) is 129 Å². The summed E-state index contributed by atoms with van der Waals surface area (Å²) in [6.45, 7) is 13.5. The summed E-state index contributed by atoms with van der Waals surface area (Å²) in [6, 6.07) is 29.2. The van der Waals surface area contributed by atoms with E-state index in [4.69, 9.17) is 21.1 Å². The summed E-state index contributed by atoms with van der Waals surface area (Å²) in [7, 11) is -9.66. The van der Waals surface area contributed by atoms with Crippen LogP contribution in [-0.4, -0.2) is 176 Å². The second-order valence-electron chi connectivity index (χ2n) is 21.5. The third-order valence-electron chi connectivity index (χ3n) is 15.6. The summed E-state index contributed by atoms with van der Waals surface area (Å²) < 4.78 is 109. The average Bonchev–Trinajstić information content (AvgIpc) is 3.87. The highest BCUT2D eigenvalue weighted by Crippen LogP contribution is 2.44. The number of nitrogens with one attached hydrogen (secondary N) is 2. The average molecular weight is 1210 g/mol. The number of hydrogen-bond donors (Lipinski definition) is 2. The van der Waals surface area contributed by atoms with Crippen LogP contribution in [-0.2, 0) is 29.3 Å². The normalized spacial score (nSPS) is 19.6. The molecule has 0 radical (unpaired) electrons. The standard InChI is InChI=1S/C58H69ClF3N9O8S3/c1-57(41-69-28-32-71(33-29-69)54-20-19-52(64-65-54)56(73)78-2)23-21-50(42-9-13-45(59)14-10-42)44(38-57)39-68-26-30-70(31-27-68)47-15-11-43(12-16-47)55(72)66-82(76,77)49-17-18-51(53(37-49)81(74,75)58(60,61)62)63-46(40-80-48-7-4-3-5-8-48)22-25-67-24-6-35-79-36-34-67/h3-5,7-20,37,46,63H,6,21-36,38-41H2,1-2H3,(H,66,72)/t46-,57-/m1/s1. The van der Waals surface area contributed by atoms with E-state index in [0.29, 0.717) is 62.7 Å². The number of ether oxygens (including phenoxy) is 2. The van der Waals surface area contributed by atoms with Gasteiger partial charge in [0.25, 0.3) is 25.8 Å². The van der Waals surface area contributed by atoms with Gasteiger partial charge in [0, 0.05) is 125 Å². The van der Waals surface area contributed by atoms with Gasteiger partial charge in [-0.25, -0.2) is 26.4 Å². The molecule has 4 aliphatic rings. The summed E-state index contributed by atoms with van der Waals surface area (Å²) >= 11 is 7.79. The van der Waals surface area contributed by atoms with E-state index < -0.39 is 58.8 Å². The fourth-order valence-corrected chi connectivity index (χ4v) is 14.2. The lowest BCUT2D eigenvalue weighted by Gasteiger charge is -2.44.